The monoisotopic (exact) mass is 344 g/mol. The Hall–Kier alpha value is -0.980. The first-order valence-electron chi connectivity index (χ1n) is 10.0. The van der Waals surface area contributed by atoms with Crippen LogP contribution in [0.4, 0.5) is 0 Å². The molecule has 0 fully saturated rings. The maximum absolute atomic E-state index is 11.2. The highest BCUT2D eigenvalue weighted by Crippen LogP contribution is 2.48. The van der Waals surface area contributed by atoms with Crippen molar-refractivity contribution in [3.8, 4) is 5.75 Å². The fraction of sp³-hybridized carbons (Fsp3) is 0.708. The summed E-state index contributed by atoms with van der Waals surface area (Å²) >= 11 is 0. The van der Waals surface area contributed by atoms with Gasteiger partial charge in [0.1, 0.15) is 5.75 Å². The van der Waals surface area contributed by atoms with Gasteiger partial charge in [-0.15, -0.1) is 0 Å². The second-order valence-corrected chi connectivity index (χ2v) is 9.35. The van der Waals surface area contributed by atoms with E-state index in [-0.39, 0.29) is 16.2 Å². The Morgan fingerprint density at radius 1 is 0.840 bits per heavy atom. The zero-order chi connectivity index (χ0) is 19.6. The van der Waals surface area contributed by atoms with Crippen LogP contribution in [0.15, 0.2) is 6.07 Å². The molecule has 0 saturated carbocycles. The Morgan fingerprint density at radius 2 is 1.36 bits per heavy atom. The van der Waals surface area contributed by atoms with Crippen LogP contribution >= 0.6 is 0 Å². The first kappa shape index (κ1) is 22.1. The van der Waals surface area contributed by atoms with Gasteiger partial charge >= 0.3 is 0 Å². The molecule has 0 heterocycles. The summed E-state index contributed by atoms with van der Waals surface area (Å²) in [7, 11) is 0. The van der Waals surface area contributed by atoms with Crippen molar-refractivity contribution >= 4 is 0 Å². The molecule has 142 valence electrons. The Morgan fingerprint density at radius 3 is 1.68 bits per heavy atom. The zero-order valence-corrected chi connectivity index (χ0v) is 18.4. The molecule has 0 spiro atoms. The van der Waals surface area contributed by atoms with Crippen LogP contribution in [-0.2, 0) is 22.7 Å². The van der Waals surface area contributed by atoms with Gasteiger partial charge in [-0.2, -0.15) is 0 Å². The van der Waals surface area contributed by atoms with Crippen molar-refractivity contribution in [2.24, 2.45) is 0 Å². The van der Waals surface area contributed by atoms with Gasteiger partial charge in [-0.25, -0.2) is 0 Å². The van der Waals surface area contributed by atoms with Gasteiger partial charge in [-0.1, -0.05) is 75.3 Å². The first-order chi connectivity index (χ1) is 11.4. The van der Waals surface area contributed by atoms with Crippen LogP contribution in [0, 0.1) is 6.42 Å². The quantitative estimate of drug-likeness (QED) is 0.583. The number of benzene rings is 1. The molecule has 0 aromatic heterocycles. The van der Waals surface area contributed by atoms with Crippen LogP contribution in [0.3, 0.4) is 0 Å². The molecule has 1 aromatic rings. The molecule has 1 aromatic carbocycles. The fourth-order valence-electron chi connectivity index (χ4n) is 4.20. The molecule has 1 rings (SSSR count). The molecule has 25 heavy (non-hydrogen) atoms. The summed E-state index contributed by atoms with van der Waals surface area (Å²) in [4.78, 5) is 0. The van der Waals surface area contributed by atoms with Gasteiger partial charge in [0.2, 0.25) is 0 Å². The lowest BCUT2D eigenvalue weighted by molar-refractivity contribution is 0.408. The maximum atomic E-state index is 11.2. The summed E-state index contributed by atoms with van der Waals surface area (Å²) in [5, 5.41) is 11.2. The standard InChI is InChI=1S/C24H40O/c1-11-15-24(13-3,14-4)18-16-19(22(5,6)7)21(25)20(17(18)12-2)23(8,9)10/h16,25H,11-14H2,1-10H3. The van der Waals surface area contributed by atoms with E-state index in [4.69, 9.17) is 0 Å². The fourth-order valence-corrected chi connectivity index (χ4v) is 4.20. The van der Waals surface area contributed by atoms with Crippen LogP contribution in [-0.4, -0.2) is 5.11 Å². The van der Waals surface area contributed by atoms with Crippen LogP contribution in [0.25, 0.3) is 0 Å². The molecule has 0 aliphatic rings. The van der Waals surface area contributed by atoms with Gasteiger partial charge in [0, 0.05) is 11.0 Å². The third-order valence-electron chi connectivity index (χ3n) is 5.56. The molecule has 1 nitrogen and oxygen atoms in total. The van der Waals surface area contributed by atoms with Crippen molar-refractivity contribution in [3.05, 3.63) is 34.7 Å². The van der Waals surface area contributed by atoms with Gasteiger partial charge < -0.3 is 5.11 Å². The van der Waals surface area contributed by atoms with E-state index in [2.05, 4.69) is 81.7 Å². The highest BCUT2D eigenvalue weighted by Gasteiger charge is 2.36. The highest BCUT2D eigenvalue weighted by atomic mass is 16.3. The topological polar surface area (TPSA) is 20.2 Å². The van der Waals surface area contributed by atoms with Gasteiger partial charge in [0.15, 0.2) is 0 Å². The Labute approximate surface area is 157 Å². The SMILES string of the molecule is CC[C]C(CC)(CC)c1cc(C(C)(C)C)c(O)c(C(C)(C)C)c1CC. The second kappa shape index (κ2) is 7.72. The molecule has 0 amide bonds. The largest absolute Gasteiger partial charge is 0.507 e. The van der Waals surface area contributed by atoms with E-state index < -0.39 is 0 Å². The number of phenolic OH excluding ortho intramolecular Hbond substituents is 1. The molecule has 0 aliphatic heterocycles. The first-order valence-corrected chi connectivity index (χ1v) is 10.0. The van der Waals surface area contributed by atoms with E-state index >= 15 is 0 Å². The summed E-state index contributed by atoms with van der Waals surface area (Å²) in [5.41, 5.74) is 4.68. The Balaban J connectivity index is 4.02. The predicted octanol–water partition coefficient (Wildman–Crippen LogP) is 7.10. The van der Waals surface area contributed by atoms with Crippen molar-refractivity contribution in [3.63, 3.8) is 0 Å². The summed E-state index contributed by atoms with van der Waals surface area (Å²) in [5.74, 6) is 0.498. The highest BCUT2D eigenvalue weighted by molar-refractivity contribution is 5.57. The van der Waals surface area contributed by atoms with E-state index in [9.17, 15) is 5.11 Å². The summed E-state index contributed by atoms with van der Waals surface area (Å²) in [6.45, 7) is 22.1. The van der Waals surface area contributed by atoms with Gasteiger partial charge in [0.05, 0.1) is 0 Å². The molecule has 0 aliphatic carbocycles. The normalized spacial score (nSPS) is 13.4. The lowest BCUT2D eigenvalue weighted by Gasteiger charge is -2.38. The third kappa shape index (κ3) is 4.23. The number of hydrogen-bond donors (Lipinski definition) is 1. The molecule has 0 bridgehead atoms. The minimum absolute atomic E-state index is 0.0339. The molecule has 0 atom stereocenters. The smallest absolute Gasteiger partial charge is 0.123 e. The summed E-state index contributed by atoms with van der Waals surface area (Å²) in [6, 6.07) is 2.29. The number of hydrogen-bond acceptors (Lipinski definition) is 1. The number of aromatic hydroxyl groups is 1. The van der Waals surface area contributed by atoms with Crippen molar-refractivity contribution in [2.45, 2.75) is 111 Å². The van der Waals surface area contributed by atoms with E-state index in [0.29, 0.717) is 5.75 Å². The molecule has 1 heteroatoms. The predicted molar refractivity (Wildman–Crippen MR) is 111 cm³/mol. The van der Waals surface area contributed by atoms with Crippen molar-refractivity contribution in [1.29, 1.82) is 0 Å². The molecule has 2 radical (unpaired) electrons. The van der Waals surface area contributed by atoms with Crippen LogP contribution in [0.5, 0.6) is 5.75 Å². The molecular weight excluding hydrogens is 304 g/mol. The number of phenols is 1. The molecule has 0 unspecified atom stereocenters. The lowest BCUT2D eigenvalue weighted by Crippen LogP contribution is -2.30. The maximum Gasteiger partial charge on any atom is 0.123 e. The third-order valence-corrected chi connectivity index (χ3v) is 5.56. The molecule has 1 N–H and O–H groups in total. The Kier molecular flexibility index (Phi) is 6.81. The van der Waals surface area contributed by atoms with Crippen LogP contribution in [0.1, 0.15) is 111 Å². The summed E-state index contributed by atoms with van der Waals surface area (Å²) in [6.07, 6.45) is 7.75. The van der Waals surface area contributed by atoms with E-state index in [1.165, 1.54) is 11.1 Å². The second-order valence-electron chi connectivity index (χ2n) is 9.35. The van der Waals surface area contributed by atoms with Crippen molar-refractivity contribution in [1.82, 2.24) is 0 Å². The lowest BCUT2D eigenvalue weighted by atomic mass is 9.66. The van der Waals surface area contributed by atoms with Gasteiger partial charge in [-0.3, -0.25) is 0 Å². The number of rotatable bonds is 6. The average molecular weight is 345 g/mol. The van der Waals surface area contributed by atoms with Crippen LogP contribution in [0.2, 0.25) is 0 Å². The molecule has 0 saturated heterocycles. The minimum Gasteiger partial charge on any atom is -0.507 e. The average Bonchev–Trinajstić information content (AvgIpc) is 2.49. The minimum atomic E-state index is -0.0927. The Bertz CT molecular complexity index is 578. The van der Waals surface area contributed by atoms with Crippen molar-refractivity contribution in [2.75, 3.05) is 0 Å². The summed E-state index contributed by atoms with van der Waals surface area (Å²) < 4.78 is 0. The van der Waals surface area contributed by atoms with Gasteiger partial charge in [0.25, 0.3) is 0 Å². The van der Waals surface area contributed by atoms with E-state index in [1.807, 2.05) is 0 Å². The zero-order valence-electron chi connectivity index (χ0n) is 18.4. The molecular formula is C24H40O. The van der Waals surface area contributed by atoms with Gasteiger partial charge in [-0.05, 0) is 59.6 Å². The van der Waals surface area contributed by atoms with E-state index in [1.54, 1.807) is 0 Å². The van der Waals surface area contributed by atoms with E-state index in [0.717, 1.165) is 36.8 Å². The van der Waals surface area contributed by atoms with Crippen LogP contribution < -0.4 is 0 Å². The van der Waals surface area contributed by atoms with Crippen molar-refractivity contribution < 1.29 is 5.11 Å².